The van der Waals surface area contributed by atoms with Crippen molar-refractivity contribution in [2.24, 2.45) is 4.99 Å². The Balaban J connectivity index is 1.93. The fraction of sp³-hybridized carbons (Fsp3) is 0.167. The highest BCUT2D eigenvalue weighted by Crippen LogP contribution is 2.25. The number of hydrogen-bond donors (Lipinski definition) is 0. The van der Waals surface area contributed by atoms with Gasteiger partial charge in [-0.15, -0.1) is 0 Å². The van der Waals surface area contributed by atoms with E-state index < -0.39 is 16.8 Å². The molecule has 0 N–H and O–H groups in total. The number of rotatable bonds is 5. The van der Waals surface area contributed by atoms with Gasteiger partial charge in [0.25, 0.3) is 5.91 Å². The standard InChI is InChI=1S/C18H15N3O5S2/c1-3-20-13-7-4-11(17(23)26-2)10-14(13)28-18(20)19-15(22)8-5-12-6-9-16(27-12)21(24)25/h4-10H,3H2,1-2H3. The molecule has 0 saturated heterocycles. The molecule has 28 heavy (non-hydrogen) atoms. The van der Waals surface area contributed by atoms with Gasteiger partial charge in [0.05, 0.1) is 27.8 Å². The number of aromatic nitrogens is 1. The van der Waals surface area contributed by atoms with E-state index >= 15 is 0 Å². The molecule has 0 bridgehead atoms. The Hall–Kier alpha value is -3.11. The highest BCUT2D eigenvalue weighted by atomic mass is 32.1. The Bertz CT molecular complexity index is 1170. The molecule has 10 heteroatoms. The number of fused-ring (bicyclic) bond motifs is 1. The fourth-order valence-corrected chi connectivity index (χ4v) is 4.39. The average molecular weight is 417 g/mol. The molecule has 2 heterocycles. The van der Waals surface area contributed by atoms with Crippen LogP contribution in [0.4, 0.5) is 5.00 Å². The van der Waals surface area contributed by atoms with Crippen LogP contribution in [-0.2, 0) is 16.1 Å². The maximum Gasteiger partial charge on any atom is 0.337 e. The minimum atomic E-state index is -0.474. The van der Waals surface area contributed by atoms with Crippen LogP contribution < -0.4 is 4.80 Å². The predicted molar refractivity (Wildman–Crippen MR) is 107 cm³/mol. The smallest absolute Gasteiger partial charge is 0.337 e. The molecule has 3 rings (SSSR count). The van der Waals surface area contributed by atoms with Gasteiger partial charge in [-0.2, -0.15) is 4.99 Å². The van der Waals surface area contributed by atoms with Crippen LogP contribution in [0.5, 0.6) is 0 Å². The van der Waals surface area contributed by atoms with Crippen LogP contribution in [0.3, 0.4) is 0 Å². The number of ether oxygens (including phenoxy) is 1. The molecular weight excluding hydrogens is 402 g/mol. The number of thiazole rings is 1. The van der Waals surface area contributed by atoms with E-state index in [0.29, 0.717) is 21.8 Å². The number of methoxy groups -OCH3 is 1. The summed E-state index contributed by atoms with van der Waals surface area (Å²) in [6.07, 6.45) is 2.78. The predicted octanol–water partition coefficient (Wildman–Crippen LogP) is 3.62. The lowest BCUT2D eigenvalue weighted by molar-refractivity contribution is -0.380. The summed E-state index contributed by atoms with van der Waals surface area (Å²) >= 11 is 2.28. The maximum atomic E-state index is 12.2. The second kappa shape index (κ2) is 8.28. The zero-order valence-corrected chi connectivity index (χ0v) is 16.6. The third-order valence-electron chi connectivity index (χ3n) is 3.81. The minimum Gasteiger partial charge on any atom is -0.465 e. The van der Waals surface area contributed by atoms with E-state index in [0.717, 1.165) is 21.6 Å². The zero-order chi connectivity index (χ0) is 20.3. The number of nitro groups is 1. The van der Waals surface area contributed by atoms with Gasteiger partial charge in [0.2, 0.25) is 0 Å². The molecule has 144 valence electrons. The molecule has 1 aromatic carbocycles. The van der Waals surface area contributed by atoms with Crippen molar-refractivity contribution in [3.63, 3.8) is 0 Å². The summed E-state index contributed by atoms with van der Waals surface area (Å²) < 4.78 is 7.43. The normalized spacial score (nSPS) is 12.0. The van der Waals surface area contributed by atoms with Crippen molar-refractivity contribution in [1.29, 1.82) is 0 Å². The lowest BCUT2D eigenvalue weighted by Crippen LogP contribution is -2.15. The van der Waals surface area contributed by atoms with Crippen molar-refractivity contribution < 1.29 is 19.2 Å². The van der Waals surface area contributed by atoms with Gasteiger partial charge in [-0.25, -0.2) is 4.79 Å². The second-order valence-electron chi connectivity index (χ2n) is 5.52. The topological polar surface area (TPSA) is 104 Å². The molecule has 0 atom stereocenters. The molecule has 8 nitrogen and oxygen atoms in total. The number of carbonyl (C=O) groups excluding carboxylic acids is 2. The summed E-state index contributed by atoms with van der Waals surface area (Å²) in [5.41, 5.74) is 1.29. The van der Waals surface area contributed by atoms with Gasteiger partial charge < -0.3 is 9.30 Å². The van der Waals surface area contributed by atoms with E-state index in [9.17, 15) is 19.7 Å². The first-order chi connectivity index (χ1) is 13.4. The Morgan fingerprint density at radius 1 is 1.29 bits per heavy atom. The summed E-state index contributed by atoms with van der Waals surface area (Å²) in [6.45, 7) is 2.54. The molecule has 3 aromatic rings. The van der Waals surface area contributed by atoms with Gasteiger partial charge in [-0.05, 0) is 37.3 Å². The van der Waals surface area contributed by atoms with Crippen LogP contribution in [-0.4, -0.2) is 28.5 Å². The Morgan fingerprint density at radius 3 is 2.71 bits per heavy atom. The van der Waals surface area contributed by atoms with Crippen LogP contribution in [0, 0.1) is 10.1 Å². The molecule has 0 fully saturated rings. The van der Waals surface area contributed by atoms with E-state index in [1.165, 1.54) is 36.7 Å². The monoisotopic (exact) mass is 417 g/mol. The molecule has 0 aliphatic rings. The van der Waals surface area contributed by atoms with Crippen LogP contribution in [0.15, 0.2) is 41.4 Å². The van der Waals surface area contributed by atoms with Crippen molar-refractivity contribution in [1.82, 2.24) is 4.57 Å². The number of esters is 1. The number of benzene rings is 1. The van der Waals surface area contributed by atoms with Crippen molar-refractivity contribution in [3.8, 4) is 0 Å². The SMILES string of the molecule is CCn1c(=NC(=O)C=Cc2ccc([N+](=O)[O-])s2)sc2cc(C(=O)OC)ccc21. The largest absolute Gasteiger partial charge is 0.465 e. The van der Waals surface area contributed by atoms with Gasteiger partial charge in [-0.1, -0.05) is 22.7 Å². The average Bonchev–Trinajstić information content (AvgIpc) is 3.29. The van der Waals surface area contributed by atoms with Crippen LogP contribution >= 0.6 is 22.7 Å². The van der Waals surface area contributed by atoms with Gasteiger partial charge in [0.15, 0.2) is 4.80 Å². The van der Waals surface area contributed by atoms with Crippen LogP contribution in [0.25, 0.3) is 16.3 Å². The molecule has 0 aliphatic heterocycles. The first-order valence-electron chi connectivity index (χ1n) is 8.15. The number of amides is 1. The fourth-order valence-electron chi connectivity index (χ4n) is 2.52. The Kier molecular flexibility index (Phi) is 5.81. The summed E-state index contributed by atoms with van der Waals surface area (Å²) in [4.78, 5) is 39.4. The number of thiophene rings is 1. The van der Waals surface area contributed by atoms with Gasteiger partial charge in [0, 0.05) is 23.6 Å². The first-order valence-corrected chi connectivity index (χ1v) is 9.79. The first kappa shape index (κ1) is 19.6. The van der Waals surface area contributed by atoms with Crippen molar-refractivity contribution in [2.45, 2.75) is 13.5 Å². The molecule has 0 aliphatic carbocycles. The van der Waals surface area contributed by atoms with Crippen molar-refractivity contribution in [2.75, 3.05) is 7.11 Å². The Morgan fingerprint density at radius 2 is 2.07 bits per heavy atom. The minimum absolute atomic E-state index is 0.0128. The third-order valence-corrected chi connectivity index (χ3v) is 5.85. The highest BCUT2D eigenvalue weighted by Gasteiger charge is 2.11. The second-order valence-corrected chi connectivity index (χ2v) is 7.62. The molecule has 0 saturated carbocycles. The van der Waals surface area contributed by atoms with E-state index in [1.54, 1.807) is 24.3 Å². The van der Waals surface area contributed by atoms with Gasteiger partial charge in [-0.3, -0.25) is 14.9 Å². The summed E-state index contributed by atoms with van der Waals surface area (Å²) in [6, 6.07) is 8.14. The summed E-state index contributed by atoms with van der Waals surface area (Å²) in [5.74, 6) is -0.904. The van der Waals surface area contributed by atoms with Gasteiger partial charge >= 0.3 is 11.0 Å². The number of aryl methyl sites for hydroxylation is 1. The molecular formula is C18H15N3O5S2. The summed E-state index contributed by atoms with van der Waals surface area (Å²) in [7, 11) is 1.32. The number of carbonyl (C=O) groups is 2. The lowest BCUT2D eigenvalue weighted by atomic mass is 10.2. The molecule has 0 spiro atoms. The van der Waals surface area contributed by atoms with E-state index in [-0.39, 0.29) is 5.00 Å². The third kappa shape index (κ3) is 4.07. The summed E-state index contributed by atoms with van der Waals surface area (Å²) in [5, 5.41) is 10.7. The number of nitrogens with zero attached hydrogens (tertiary/aromatic N) is 3. The maximum absolute atomic E-state index is 12.2. The molecule has 2 aromatic heterocycles. The quantitative estimate of drug-likeness (QED) is 0.273. The highest BCUT2D eigenvalue weighted by molar-refractivity contribution is 7.16. The van der Waals surface area contributed by atoms with Crippen LogP contribution in [0.2, 0.25) is 0 Å². The molecule has 0 unspecified atom stereocenters. The van der Waals surface area contributed by atoms with E-state index in [1.807, 2.05) is 11.5 Å². The molecule has 0 radical (unpaired) electrons. The van der Waals surface area contributed by atoms with Crippen LogP contribution in [0.1, 0.15) is 22.2 Å². The zero-order valence-electron chi connectivity index (χ0n) is 14.9. The number of hydrogen-bond acceptors (Lipinski definition) is 7. The van der Waals surface area contributed by atoms with Gasteiger partial charge in [0.1, 0.15) is 0 Å². The van der Waals surface area contributed by atoms with E-state index in [4.69, 9.17) is 4.74 Å². The molecule has 1 amide bonds. The lowest BCUT2D eigenvalue weighted by Gasteiger charge is -2.01. The van der Waals surface area contributed by atoms with E-state index in [2.05, 4.69) is 4.99 Å². The van der Waals surface area contributed by atoms with Crippen molar-refractivity contribution in [3.05, 3.63) is 61.8 Å². The van der Waals surface area contributed by atoms with Crippen molar-refractivity contribution >= 4 is 55.8 Å². The Labute approximate surface area is 167 Å².